The summed E-state index contributed by atoms with van der Waals surface area (Å²) < 4.78 is 23.8. The summed E-state index contributed by atoms with van der Waals surface area (Å²) in [6.07, 6.45) is 2.40. The van der Waals surface area contributed by atoms with Crippen molar-refractivity contribution >= 4 is 21.6 Å². The number of rotatable bonds is 4. The van der Waals surface area contributed by atoms with Gasteiger partial charge in [-0.15, -0.1) is 0 Å². The molecule has 8 nitrogen and oxygen atoms in total. The molecule has 0 bridgehead atoms. The molecular weight excluding hydrogens is 344 g/mol. The number of fused-ring (bicyclic) bond motifs is 1. The molecule has 0 saturated heterocycles. The summed E-state index contributed by atoms with van der Waals surface area (Å²) in [5.41, 5.74) is 1.77. The van der Waals surface area contributed by atoms with Crippen molar-refractivity contribution in [2.45, 2.75) is 37.6 Å². The third-order valence-corrected chi connectivity index (χ3v) is 5.08. The van der Waals surface area contributed by atoms with Crippen molar-refractivity contribution in [3.63, 3.8) is 0 Å². The highest BCUT2D eigenvalue weighted by molar-refractivity contribution is 7.89. The number of carbonyl (C=O) groups excluding carboxylic acids is 1. The molecule has 25 heavy (non-hydrogen) atoms. The van der Waals surface area contributed by atoms with Gasteiger partial charge in [0.1, 0.15) is 12.4 Å². The molecule has 0 radical (unpaired) electrons. The minimum atomic E-state index is -3.78. The average Bonchev–Trinajstić information content (AvgIpc) is 2.99. The zero-order valence-corrected chi connectivity index (χ0v) is 14.5. The van der Waals surface area contributed by atoms with Crippen molar-refractivity contribution in [3.8, 4) is 0 Å². The van der Waals surface area contributed by atoms with Crippen LogP contribution in [0, 0.1) is 6.92 Å². The topological polar surface area (TPSA) is 124 Å². The zero-order valence-electron chi connectivity index (χ0n) is 13.7. The first-order valence-corrected chi connectivity index (χ1v) is 9.32. The van der Waals surface area contributed by atoms with Crippen molar-refractivity contribution < 1.29 is 13.2 Å². The lowest BCUT2D eigenvalue weighted by Crippen LogP contribution is -2.32. The lowest BCUT2D eigenvalue weighted by Gasteiger charge is -2.12. The minimum Gasteiger partial charge on any atom is -0.325 e. The van der Waals surface area contributed by atoms with E-state index in [1.54, 1.807) is 6.92 Å². The fraction of sp³-hybridized carbons (Fsp3) is 0.312. The highest BCUT2D eigenvalue weighted by atomic mass is 32.2. The van der Waals surface area contributed by atoms with Crippen LogP contribution in [0.3, 0.4) is 0 Å². The Labute approximate surface area is 144 Å². The number of primary sulfonamides is 1. The van der Waals surface area contributed by atoms with Crippen molar-refractivity contribution in [2.75, 3.05) is 5.32 Å². The van der Waals surface area contributed by atoms with Crippen LogP contribution in [0.25, 0.3) is 0 Å². The molecule has 0 saturated carbocycles. The monoisotopic (exact) mass is 362 g/mol. The number of anilines is 1. The van der Waals surface area contributed by atoms with Gasteiger partial charge in [0, 0.05) is 11.3 Å². The summed E-state index contributed by atoms with van der Waals surface area (Å²) in [7, 11) is -3.78. The van der Waals surface area contributed by atoms with E-state index >= 15 is 0 Å². The quantitative estimate of drug-likeness (QED) is 0.811. The summed E-state index contributed by atoms with van der Waals surface area (Å²) >= 11 is 0. The van der Waals surface area contributed by atoms with Crippen LogP contribution in [-0.2, 0) is 34.2 Å². The third-order valence-electron chi connectivity index (χ3n) is 4.15. The highest BCUT2D eigenvalue weighted by Crippen LogP contribution is 2.17. The maximum atomic E-state index is 12.5. The van der Waals surface area contributed by atoms with Crippen LogP contribution in [0.1, 0.15) is 23.5 Å². The van der Waals surface area contributed by atoms with Crippen LogP contribution in [0.2, 0.25) is 0 Å². The molecule has 1 aromatic heterocycles. The molecule has 2 aromatic rings. The Balaban J connectivity index is 1.77. The summed E-state index contributed by atoms with van der Waals surface area (Å²) in [6.45, 7) is 1.55. The van der Waals surface area contributed by atoms with Crippen molar-refractivity contribution in [2.24, 2.45) is 5.14 Å². The van der Waals surface area contributed by atoms with E-state index in [4.69, 9.17) is 5.14 Å². The smallest absolute Gasteiger partial charge is 0.257 e. The molecule has 0 atom stereocenters. The average molecular weight is 362 g/mol. The number of nitrogens with one attached hydrogen (secondary N) is 1. The Hall–Kier alpha value is -2.52. The molecule has 0 spiro atoms. The number of hydrogen-bond acceptors (Lipinski definition) is 5. The lowest BCUT2D eigenvalue weighted by molar-refractivity contribution is -0.116. The van der Waals surface area contributed by atoms with E-state index < -0.39 is 15.9 Å². The van der Waals surface area contributed by atoms with Gasteiger partial charge in [0.25, 0.3) is 5.56 Å². The van der Waals surface area contributed by atoms with Crippen LogP contribution in [0.5, 0.6) is 0 Å². The predicted octanol–water partition coefficient (Wildman–Crippen LogP) is 0.327. The fourth-order valence-corrected chi connectivity index (χ4v) is 3.42. The van der Waals surface area contributed by atoms with Crippen molar-refractivity contribution in [1.29, 1.82) is 0 Å². The molecule has 0 unspecified atom stereocenters. The maximum Gasteiger partial charge on any atom is 0.257 e. The normalized spacial score (nSPS) is 13.5. The van der Waals surface area contributed by atoms with Crippen LogP contribution in [-0.4, -0.2) is 23.9 Å². The molecular formula is C16H18N4O4S. The standard InChI is InChI=1S/C16H18N4O4S/c1-10-18-14-4-2-3-13(14)16(22)20(10)9-15(21)19-11-5-7-12(8-6-11)25(17,23)24/h5-8H,2-4,9H2,1H3,(H,19,21)(H2,17,23,24). The van der Waals surface area contributed by atoms with Crippen LogP contribution in [0.4, 0.5) is 5.69 Å². The summed E-state index contributed by atoms with van der Waals surface area (Å²) in [5.74, 6) is 0.110. The maximum absolute atomic E-state index is 12.5. The van der Waals surface area contributed by atoms with E-state index in [1.165, 1.54) is 28.8 Å². The molecule has 1 aliphatic rings. The van der Waals surface area contributed by atoms with E-state index in [2.05, 4.69) is 10.3 Å². The first-order chi connectivity index (χ1) is 11.8. The van der Waals surface area contributed by atoms with Gasteiger partial charge < -0.3 is 5.32 Å². The molecule has 1 amide bonds. The van der Waals surface area contributed by atoms with Crippen LogP contribution >= 0.6 is 0 Å². The zero-order chi connectivity index (χ0) is 18.2. The molecule has 3 N–H and O–H groups in total. The molecule has 1 heterocycles. The van der Waals surface area contributed by atoms with Gasteiger partial charge in [-0.2, -0.15) is 0 Å². The van der Waals surface area contributed by atoms with Gasteiger partial charge in [0.15, 0.2) is 0 Å². The Morgan fingerprint density at radius 3 is 2.60 bits per heavy atom. The number of aromatic nitrogens is 2. The van der Waals surface area contributed by atoms with Gasteiger partial charge >= 0.3 is 0 Å². The molecule has 0 aliphatic heterocycles. The van der Waals surface area contributed by atoms with E-state index in [0.29, 0.717) is 23.5 Å². The Morgan fingerprint density at radius 1 is 1.28 bits per heavy atom. The fourth-order valence-electron chi connectivity index (χ4n) is 2.91. The first kappa shape index (κ1) is 17.3. The molecule has 132 valence electrons. The van der Waals surface area contributed by atoms with Gasteiger partial charge in [-0.05, 0) is 50.5 Å². The largest absolute Gasteiger partial charge is 0.325 e. The summed E-state index contributed by atoms with van der Waals surface area (Å²) in [5, 5.41) is 7.66. The highest BCUT2D eigenvalue weighted by Gasteiger charge is 2.20. The number of carbonyl (C=O) groups is 1. The first-order valence-electron chi connectivity index (χ1n) is 7.77. The number of aryl methyl sites for hydroxylation is 2. The number of nitrogens with zero attached hydrogens (tertiary/aromatic N) is 2. The van der Waals surface area contributed by atoms with E-state index in [-0.39, 0.29) is 17.0 Å². The number of nitrogens with two attached hydrogens (primary N) is 1. The second-order valence-corrected chi connectivity index (χ2v) is 7.51. The second-order valence-electron chi connectivity index (χ2n) is 5.95. The van der Waals surface area contributed by atoms with Crippen LogP contribution in [0.15, 0.2) is 34.0 Å². The third kappa shape index (κ3) is 3.62. The van der Waals surface area contributed by atoms with E-state index in [9.17, 15) is 18.0 Å². The number of amides is 1. The Bertz CT molecular complexity index is 994. The van der Waals surface area contributed by atoms with Gasteiger partial charge in [-0.25, -0.2) is 18.5 Å². The summed E-state index contributed by atoms with van der Waals surface area (Å²) in [4.78, 5) is 29.1. The number of hydrogen-bond donors (Lipinski definition) is 2. The van der Waals surface area contributed by atoms with E-state index in [0.717, 1.165) is 18.5 Å². The molecule has 1 aromatic carbocycles. The lowest BCUT2D eigenvalue weighted by atomic mass is 10.2. The number of benzene rings is 1. The molecule has 9 heteroatoms. The van der Waals surface area contributed by atoms with Crippen molar-refractivity contribution in [1.82, 2.24) is 9.55 Å². The number of sulfonamides is 1. The van der Waals surface area contributed by atoms with E-state index in [1.807, 2.05) is 0 Å². The molecule has 3 rings (SSSR count). The van der Waals surface area contributed by atoms with Gasteiger partial charge in [-0.1, -0.05) is 0 Å². The minimum absolute atomic E-state index is 0.0413. The van der Waals surface area contributed by atoms with Crippen LogP contribution < -0.4 is 16.0 Å². The van der Waals surface area contributed by atoms with Crippen molar-refractivity contribution in [3.05, 3.63) is 51.7 Å². The molecule has 1 aliphatic carbocycles. The summed E-state index contributed by atoms with van der Waals surface area (Å²) in [6, 6.07) is 5.49. The Morgan fingerprint density at radius 2 is 1.96 bits per heavy atom. The van der Waals surface area contributed by atoms with Gasteiger partial charge in [0.05, 0.1) is 10.6 Å². The van der Waals surface area contributed by atoms with Gasteiger partial charge in [-0.3, -0.25) is 14.2 Å². The Kier molecular flexibility index (Phi) is 4.44. The van der Waals surface area contributed by atoms with Gasteiger partial charge in [0.2, 0.25) is 15.9 Å². The predicted molar refractivity (Wildman–Crippen MR) is 91.7 cm³/mol. The SMILES string of the molecule is Cc1nc2c(c(=O)n1CC(=O)Nc1ccc(S(N)(=O)=O)cc1)CCC2. The molecule has 0 fully saturated rings. The second kappa shape index (κ2) is 6.41.